The van der Waals surface area contributed by atoms with Gasteiger partial charge >= 0.3 is 0 Å². The number of hydrogen-bond acceptors (Lipinski definition) is 4. The van der Waals surface area contributed by atoms with Gasteiger partial charge in [0.2, 0.25) is 21.8 Å². The average molecular weight is 629 g/mol. The number of halogens is 1. The summed E-state index contributed by atoms with van der Waals surface area (Å²) in [5.74, 6) is -0.426. The van der Waals surface area contributed by atoms with Gasteiger partial charge in [-0.15, -0.1) is 0 Å². The second kappa shape index (κ2) is 14.5. The first kappa shape index (κ1) is 31.4. The number of anilines is 1. The van der Waals surface area contributed by atoms with E-state index >= 15 is 0 Å². The van der Waals surface area contributed by atoms with Gasteiger partial charge in [-0.25, -0.2) is 8.42 Å². The Kier molecular flexibility index (Phi) is 11.3. The molecule has 0 saturated heterocycles. The second-order valence-electron chi connectivity index (χ2n) is 9.91. The van der Waals surface area contributed by atoms with Crippen molar-refractivity contribution in [2.75, 3.05) is 23.7 Å². The number of amides is 2. The summed E-state index contributed by atoms with van der Waals surface area (Å²) < 4.78 is 27.7. The predicted molar refractivity (Wildman–Crippen MR) is 165 cm³/mol. The Morgan fingerprint density at radius 3 is 2.27 bits per heavy atom. The van der Waals surface area contributed by atoms with Crippen LogP contribution in [-0.2, 0) is 32.6 Å². The van der Waals surface area contributed by atoms with E-state index in [1.807, 2.05) is 87.5 Å². The lowest BCUT2D eigenvalue weighted by molar-refractivity contribution is -0.141. The maximum absolute atomic E-state index is 13.8. The van der Waals surface area contributed by atoms with Crippen LogP contribution in [0.25, 0.3) is 0 Å². The molecule has 214 valence electrons. The minimum absolute atomic E-state index is 0.0928. The first-order valence-electron chi connectivity index (χ1n) is 13.4. The predicted octanol–water partition coefficient (Wildman–Crippen LogP) is 5.39. The van der Waals surface area contributed by atoms with Gasteiger partial charge in [0, 0.05) is 36.9 Å². The van der Waals surface area contributed by atoms with Crippen molar-refractivity contribution < 1.29 is 18.0 Å². The van der Waals surface area contributed by atoms with Gasteiger partial charge in [0.25, 0.3) is 0 Å². The fraction of sp³-hybridized carbons (Fsp3) is 0.355. The molecule has 0 saturated carbocycles. The molecule has 2 amide bonds. The van der Waals surface area contributed by atoms with E-state index in [1.54, 1.807) is 11.0 Å². The van der Waals surface area contributed by atoms with Crippen LogP contribution in [0.1, 0.15) is 42.0 Å². The maximum Gasteiger partial charge on any atom is 0.243 e. The van der Waals surface area contributed by atoms with Gasteiger partial charge in [-0.2, -0.15) is 0 Å². The Hall–Kier alpha value is -3.17. The number of nitrogens with zero attached hydrogens (tertiary/aromatic N) is 2. The van der Waals surface area contributed by atoms with E-state index in [9.17, 15) is 18.0 Å². The molecule has 0 fully saturated rings. The number of carbonyl (C=O) groups is 2. The Morgan fingerprint density at radius 2 is 1.62 bits per heavy atom. The molecule has 1 N–H and O–H groups in total. The summed E-state index contributed by atoms with van der Waals surface area (Å²) in [6, 6.07) is 22.1. The Labute approximate surface area is 246 Å². The van der Waals surface area contributed by atoms with E-state index in [2.05, 4.69) is 21.2 Å². The van der Waals surface area contributed by atoms with E-state index in [-0.39, 0.29) is 31.3 Å². The molecule has 0 unspecified atom stereocenters. The molecule has 0 bridgehead atoms. The van der Waals surface area contributed by atoms with Crippen LogP contribution >= 0.6 is 15.9 Å². The number of nitrogens with one attached hydrogen (secondary N) is 1. The molecule has 0 heterocycles. The van der Waals surface area contributed by atoms with Crippen molar-refractivity contribution in [3.05, 3.63) is 99.5 Å². The van der Waals surface area contributed by atoms with Crippen molar-refractivity contribution in [2.24, 2.45) is 0 Å². The lowest BCUT2D eigenvalue weighted by Gasteiger charge is -2.32. The second-order valence-corrected chi connectivity index (χ2v) is 12.7. The SMILES string of the molecule is CCNC(=O)[C@H](Cc1ccccc1)N(Cc1cccc(Br)c1)C(=O)CCCN(c1cccc(C)c1C)S(C)(=O)=O. The summed E-state index contributed by atoms with van der Waals surface area (Å²) in [5, 5.41) is 2.90. The number of carbonyl (C=O) groups excluding carboxylic acids is 2. The molecule has 0 aliphatic rings. The van der Waals surface area contributed by atoms with Crippen LogP contribution in [0.5, 0.6) is 0 Å². The van der Waals surface area contributed by atoms with Gasteiger partial charge in [-0.05, 0) is 67.6 Å². The summed E-state index contributed by atoms with van der Waals surface area (Å²) in [6.07, 6.45) is 1.95. The number of likely N-dealkylation sites (N-methyl/N-ethyl adjacent to an activating group) is 1. The van der Waals surface area contributed by atoms with Gasteiger partial charge in [0.05, 0.1) is 11.9 Å². The zero-order valence-corrected chi connectivity index (χ0v) is 26.0. The molecule has 0 aliphatic heterocycles. The molecule has 0 radical (unpaired) electrons. The summed E-state index contributed by atoms with van der Waals surface area (Å²) in [7, 11) is -3.57. The molecule has 1 atom stereocenters. The normalized spacial score (nSPS) is 12.0. The third-order valence-electron chi connectivity index (χ3n) is 6.86. The van der Waals surface area contributed by atoms with Gasteiger partial charge in [-0.1, -0.05) is 70.5 Å². The zero-order chi connectivity index (χ0) is 29.3. The van der Waals surface area contributed by atoms with Gasteiger partial charge in [-0.3, -0.25) is 13.9 Å². The van der Waals surface area contributed by atoms with E-state index in [1.165, 1.54) is 10.6 Å². The summed E-state index contributed by atoms with van der Waals surface area (Å²) in [6.45, 7) is 6.54. The monoisotopic (exact) mass is 627 g/mol. The third kappa shape index (κ3) is 8.66. The number of sulfonamides is 1. The van der Waals surface area contributed by atoms with E-state index in [0.29, 0.717) is 25.1 Å². The van der Waals surface area contributed by atoms with E-state index in [0.717, 1.165) is 26.7 Å². The van der Waals surface area contributed by atoms with Crippen LogP contribution in [0.4, 0.5) is 5.69 Å². The Bertz CT molecular complexity index is 1410. The van der Waals surface area contributed by atoms with Crippen molar-refractivity contribution in [1.82, 2.24) is 10.2 Å². The molecule has 0 aromatic heterocycles. The van der Waals surface area contributed by atoms with E-state index < -0.39 is 16.1 Å². The zero-order valence-electron chi connectivity index (χ0n) is 23.6. The highest BCUT2D eigenvalue weighted by Gasteiger charge is 2.30. The lowest BCUT2D eigenvalue weighted by atomic mass is 10.0. The molecular formula is C31H38BrN3O4S. The third-order valence-corrected chi connectivity index (χ3v) is 8.53. The van der Waals surface area contributed by atoms with Crippen LogP contribution in [-0.4, -0.2) is 50.5 Å². The van der Waals surface area contributed by atoms with Gasteiger partial charge in [0.15, 0.2) is 0 Å². The number of rotatable bonds is 13. The Morgan fingerprint density at radius 1 is 0.950 bits per heavy atom. The summed E-state index contributed by atoms with van der Waals surface area (Å²) in [4.78, 5) is 28.8. The highest BCUT2D eigenvalue weighted by molar-refractivity contribution is 9.10. The standard InChI is InChI=1S/C31H38BrN3O4S/c1-5-33-31(37)29(21-25-13-7-6-8-14-25)34(22-26-15-10-16-27(32)20-26)30(36)18-11-19-35(40(4,38)39)28-17-9-12-23(2)24(28)3/h6-10,12-17,20,29H,5,11,18-19,21-22H2,1-4H3,(H,33,37)/t29-/m0/s1. The van der Waals surface area contributed by atoms with Crippen molar-refractivity contribution in [3.8, 4) is 0 Å². The molecule has 7 nitrogen and oxygen atoms in total. The molecule has 9 heteroatoms. The fourth-order valence-electron chi connectivity index (χ4n) is 4.67. The van der Waals surface area contributed by atoms with Crippen molar-refractivity contribution >= 4 is 43.5 Å². The molecule has 40 heavy (non-hydrogen) atoms. The first-order chi connectivity index (χ1) is 19.0. The highest BCUT2D eigenvalue weighted by Crippen LogP contribution is 2.26. The number of benzene rings is 3. The van der Waals surface area contributed by atoms with Crippen molar-refractivity contribution in [1.29, 1.82) is 0 Å². The summed E-state index contributed by atoms with van der Waals surface area (Å²) in [5.41, 5.74) is 4.33. The molecule has 3 rings (SSSR count). The van der Waals surface area contributed by atoms with Crippen LogP contribution in [0.2, 0.25) is 0 Å². The number of aryl methyl sites for hydroxylation is 1. The molecule has 3 aromatic carbocycles. The topological polar surface area (TPSA) is 86.8 Å². The molecular weight excluding hydrogens is 590 g/mol. The minimum atomic E-state index is -3.57. The van der Waals surface area contributed by atoms with Crippen LogP contribution in [0, 0.1) is 13.8 Å². The molecule has 3 aromatic rings. The highest BCUT2D eigenvalue weighted by atomic mass is 79.9. The van der Waals surface area contributed by atoms with Crippen LogP contribution in [0.15, 0.2) is 77.3 Å². The van der Waals surface area contributed by atoms with E-state index in [4.69, 9.17) is 0 Å². The van der Waals surface area contributed by atoms with Crippen molar-refractivity contribution in [2.45, 2.75) is 52.6 Å². The fourth-order valence-corrected chi connectivity index (χ4v) is 6.13. The Balaban J connectivity index is 1.88. The van der Waals surface area contributed by atoms with Gasteiger partial charge < -0.3 is 10.2 Å². The molecule has 0 spiro atoms. The minimum Gasteiger partial charge on any atom is -0.355 e. The number of hydrogen-bond donors (Lipinski definition) is 1. The van der Waals surface area contributed by atoms with Crippen LogP contribution < -0.4 is 9.62 Å². The van der Waals surface area contributed by atoms with Crippen LogP contribution in [0.3, 0.4) is 0 Å². The average Bonchev–Trinajstić information content (AvgIpc) is 2.90. The quantitative estimate of drug-likeness (QED) is 0.275. The van der Waals surface area contributed by atoms with Gasteiger partial charge in [0.1, 0.15) is 6.04 Å². The first-order valence-corrected chi connectivity index (χ1v) is 16.0. The van der Waals surface area contributed by atoms with Crippen molar-refractivity contribution in [3.63, 3.8) is 0 Å². The largest absolute Gasteiger partial charge is 0.355 e. The lowest BCUT2D eigenvalue weighted by Crippen LogP contribution is -2.50. The molecule has 0 aliphatic carbocycles. The summed E-state index contributed by atoms with van der Waals surface area (Å²) >= 11 is 3.50. The maximum atomic E-state index is 13.8. The smallest absolute Gasteiger partial charge is 0.243 e.